The van der Waals surface area contributed by atoms with E-state index in [-0.39, 0.29) is 5.41 Å². The Morgan fingerprint density at radius 3 is 2.26 bits per heavy atom. The van der Waals surface area contributed by atoms with Gasteiger partial charge in [0, 0.05) is 0 Å². The lowest BCUT2D eigenvalue weighted by Gasteiger charge is -2.14. The van der Waals surface area contributed by atoms with Crippen molar-refractivity contribution < 1.29 is 4.85 Å². The first-order valence-electron chi connectivity index (χ1n) is 6.18. The van der Waals surface area contributed by atoms with Crippen LogP contribution >= 0.6 is 0 Å². The van der Waals surface area contributed by atoms with Crippen LogP contribution in [0.5, 0.6) is 0 Å². The van der Waals surface area contributed by atoms with E-state index in [0.29, 0.717) is 17.1 Å². The lowest BCUT2D eigenvalue weighted by atomic mass is 9.92. The van der Waals surface area contributed by atoms with Gasteiger partial charge >= 0.3 is 0 Å². The molecule has 2 rings (SSSR count). The van der Waals surface area contributed by atoms with Gasteiger partial charge in [0.05, 0.1) is 11.5 Å². The van der Waals surface area contributed by atoms with E-state index in [2.05, 4.69) is 6.07 Å². The van der Waals surface area contributed by atoms with Crippen molar-refractivity contribution in [3.05, 3.63) is 52.5 Å². The summed E-state index contributed by atoms with van der Waals surface area (Å²) in [6.07, 6.45) is 0. The smallest absolute Gasteiger partial charge is 0.228 e. The topological polar surface area (TPSA) is 55.7 Å². The fraction of sp³-hybridized carbons (Fsp3) is 0.333. The van der Waals surface area contributed by atoms with Crippen molar-refractivity contribution >= 4 is 0 Å². The first-order valence-corrected chi connectivity index (χ1v) is 6.18. The summed E-state index contributed by atoms with van der Waals surface area (Å²) in [4.78, 5) is 0.809. The molecule has 0 unspecified atom stereocenters. The number of aryl methyl sites for hydroxylation is 1. The second kappa shape index (κ2) is 4.43. The molecule has 0 aliphatic heterocycles. The monoisotopic (exact) mass is 255 g/mol. The highest BCUT2D eigenvalue weighted by Gasteiger charge is 2.29. The Hall–Kier alpha value is -2.28. The molecule has 1 heterocycles. The van der Waals surface area contributed by atoms with E-state index in [1.807, 2.05) is 52.0 Å². The number of hydrogen-bond acceptors (Lipinski definition) is 2. The van der Waals surface area contributed by atoms with Crippen molar-refractivity contribution in [2.75, 3.05) is 0 Å². The Morgan fingerprint density at radius 2 is 1.79 bits per heavy atom. The Bertz CT molecular complexity index is 640. The molecule has 1 aromatic heterocycles. The standard InChI is InChI=1S/C15H17N3O/c1-11-5-7-12(8-6-11)17-13(10-16)9-14(18(17)19)15(2,3)4/h5-9H,1-4H3. The maximum Gasteiger partial charge on any atom is 0.228 e. The van der Waals surface area contributed by atoms with Gasteiger partial charge in [-0.1, -0.05) is 48.0 Å². The minimum absolute atomic E-state index is 0.302. The van der Waals surface area contributed by atoms with Crippen LogP contribution in [0.25, 0.3) is 5.69 Å². The molecular weight excluding hydrogens is 238 g/mol. The first kappa shape index (κ1) is 13.2. The number of aromatic nitrogens is 2. The molecule has 4 nitrogen and oxygen atoms in total. The van der Waals surface area contributed by atoms with Crippen LogP contribution in [-0.4, -0.2) is 4.68 Å². The van der Waals surface area contributed by atoms with Crippen LogP contribution in [0.1, 0.15) is 37.7 Å². The highest BCUT2D eigenvalue weighted by molar-refractivity contribution is 5.38. The number of nitrogens with zero attached hydrogens (tertiary/aromatic N) is 3. The minimum Gasteiger partial charge on any atom is -0.595 e. The van der Waals surface area contributed by atoms with Gasteiger partial charge in [0.1, 0.15) is 11.8 Å². The number of rotatable bonds is 1. The average Bonchev–Trinajstić information content (AvgIpc) is 2.67. The molecule has 0 fully saturated rings. The van der Waals surface area contributed by atoms with Gasteiger partial charge in [-0.05, 0) is 19.1 Å². The highest BCUT2D eigenvalue weighted by atomic mass is 16.5. The summed E-state index contributed by atoms with van der Waals surface area (Å²) in [7, 11) is 0. The fourth-order valence-electron chi connectivity index (χ4n) is 1.96. The largest absolute Gasteiger partial charge is 0.595 e. The van der Waals surface area contributed by atoms with E-state index < -0.39 is 0 Å². The van der Waals surface area contributed by atoms with Crippen molar-refractivity contribution in [1.29, 1.82) is 5.26 Å². The summed E-state index contributed by atoms with van der Waals surface area (Å²) in [5, 5.41) is 21.6. The quantitative estimate of drug-likeness (QED) is 0.581. The molecule has 98 valence electrons. The van der Waals surface area contributed by atoms with Crippen LogP contribution in [0.3, 0.4) is 0 Å². The maximum absolute atomic E-state index is 12.4. The summed E-state index contributed by atoms with van der Waals surface area (Å²) >= 11 is 0. The number of benzene rings is 1. The Kier molecular flexibility index (Phi) is 3.07. The number of nitriles is 1. The Balaban J connectivity index is 2.67. The van der Waals surface area contributed by atoms with Crippen molar-refractivity contribution in [1.82, 2.24) is 4.68 Å². The molecule has 19 heavy (non-hydrogen) atoms. The second-order valence-electron chi connectivity index (χ2n) is 5.70. The Morgan fingerprint density at radius 1 is 1.21 bits per heavy atom. The summed E-state index contributed by atoms with van der Waals surface area (Å²) in [6, 6.07) is 11.3. The second-order valence-corrected chi connectivity index (χ2v) is 5.70. The molecule has 0 radical (unpaired) electrons. The third kappa shape index (κ3) is 2.32. The molecule has 0 saturated heterocycles. The summed E-state index contributed by atoms with van der Waals surface area (Å²) in [6.45, 7) is 7.85. The van der Waals surface area contributed by atoms with Gasteiger partial charge in [-0.2, -0.15) is 5.26 Å². The fourth-order valence-corrected chi connectivity index (χ4v) is 1.96. The van der Waals surface area contributed by atoms with Crippen LogP contribution < -0.4 is 4.85 Å². The summed E-state index contributed by atoms with van der Waals surface area (Å²) in [5.41, 5.74) is 2.45. The van der Waals surface area contributed by atoms with E-state index in [1.54, 1.807) is 6.07 Å². The minimum atomic E-state index is -0.302. The number of hydrogen-bond donors (Lipinski definition) is 0. The van der Waals surface area contributed by atoms with Gasteiger partial charge in [0.2, 0.25) is 5.69 Å². The van der Waals surface area contributed by atoms with Crippen molar-refractivity contribution in [3.8, 4) is 11.8 Å². The van der Waals surface area contributed by atoms with Gasteiger partial charge in [0.15, 0.2) is 5.69 Å². The molecule has 2 aromatic rings. The van der Waals surface area contributed by atoms with Crippen molar-refractivity contribution in [2.24, 2.45) is 0 Å². The molecule has 0 aliphatic rings. The molecule has 0 N–H and O–H groups in total. The molecular formula is C15H17N3O. The lowest BCUT2D eigenvalue weighted by molar-refractivity contribution is -0.694. The van der Waals surface area contributed by atoms with E-state index in [1.165, 1.54) is 4.68 Å². The van der Waals surface area contributed by atoms with E-state index in [4.69, 9.17) is 0 Å². The van der Waals surface area contributed by atoms with Gasteiger partial charge in [-0.15, -0.1) is 0 Å². The van der Waals surface area contributed by atoms with Crippen LogP contribution in [0.2, 0.25) is 0 Å². The molecule has 1 aromatic carbocycles. The molecule has 4 heteroatoms. The maximum atomic E-state index is 12.4. The lowest BCUT2D eigenvalue weighted by Crippen LogP contribution is -2.43. The summed E-state index contributed by atoms with van der Waals surface area (Å²) in [5.74, 6) is 0. The average molecular weight is 255 g/mol. The van der Waals surface area contributed by atoms with Crippen LogP contribution in [-0.2, 0) is 5.41 Å². The summed E-state index contributed by atoms with van der Waals surface area (Å²) < 4.78 is 1.40. The van der Waals surface area contributed by atoms with Crippen molar-refractivity contribution in [3.63, 3.8) is 0 Å². The highest BCUT2D eigenvalue weighted by Crippen LogP contribution is 2.22. The predicted molar refractivity (Wildman–Crippen MR) is 72.9 cm³/mol. The molecule has 0 spiro atoms. The van der Waals surface area contributed by atoms with E-state index >= 15 is 0 Å². The molecule has 0 bridgehead atoms. The SMILES string of the molecule is Cc1ccc(-n2c(C#N)cc(C(C)(C)C)[n+]2[O-])cc1. The normalized spacial score (nSPS) is 11.3. The third-order valence-corrected chi connectivity index (χ3v) is 3.05. The van der Waals surface area contributed by atoms with Gasteiger partial charge in [0.25, 0.3) is 0 Å². The Labute approximate surface area is 113 Å². The zero-order chi connectivity index (χ0) is 14.2. The van der Waals surface area contributed by atoms with Crippen LogP contribution in [0.4, 0.5) is 0 Å². The van der Waals surface area contributed by atoms with Crippen molar-refractivity contribution in [2.45, 2.75) is 33.1 Å². The predicted octanol–water partition coefficient (Wildman–Crippen LogP) is 2.59. The molecule has 0 amide bonds. The van der Waals surface area contributed by atoms with E-state index in [0.717, 1.165) is 10.4 Å². The zero-order valence-corrected chi connectivity index (χ0v) is 11.6. The first-order chi connectivity index (χ1) is 8.84. The van der Waals surface area contributed by atoms with Crippen LogP contribution in [0.15, 0.2) is 30.3 Å². The van der Waals surface area contributed by atoms with Crippen LogP contribution in [0, 0.1) is 23.5 Å². The van der Waals surface area contributed by atoms with Gasteiger partial charge < -0.3 is 5.21 Å². The van der Waals surface area contributed by atoms with Gasteiger partial charge in [-0.25, -0.2) is 0 Å². The molecule has 0 aliphatic carbocycles. The third-order valence-electron chi connectivity index (χ3n) is 3.05. The van der Waals surface area contributed by atoms with E-state index in [9.17, 15) is 10.5 Å². The zero-order valence-electron chi connectivity index (χ0n) is 11.6. The molecule has 0 saturated carbocycles. The van der Waals surface area contributed by atoms with Gasteiger partial charge in [-0.3, -0.25) is 0 Å². The molecule has 0 atom stereocenters.